The van der Waals surface area contributed by atoms with Crippen molar-refractivity contribution >= 4 is 0 Å². The second kappa shape index (κ2) is 6.52. The van der Waals surface area contributed by atoms with Crippen molar-refractivity contribution in [2.24, 2.45) is 0 Å². The van der Waals surface area contributed by atoms with Gasteiger partial charge in [-0.1, -0.05) is 6.07 Å². The molecule has 0 aliphatic heterocycles. The van der Waals surface area contributed by atoms with Crippen LogP contribution in [0.5, 0.6) is 5.75 Å². The summed E-state index contributed by atoms with van der Waals surface area (Å²) in [5, 5.41) is 7.23. The number of halogens is 1. The first kappa shape index (κ1) is 14.5. The third-order valence-corrected chi connectivity index (χ3v) is 2.99. The lowest BCUT2D eigenvalue weighted by atomic mass is 10.1. The van der Waals surface area contributed by atoms with Crippen LogP contribution < -0.4 is 10.1 Å². The Hall–Kier alpha value is -1.88. The molecule has 20 heavy (non-hydrogen) atoms. The average Bonchev–Trinajstić information content (AvgIpc) is 2.89. The second-order valence-electron chi connectivity index (χ2n) is 4.99. The van der Waals surface area contributed by atoms with E-state index in [9.17, 15) is 4.39 Å². The van der Waals surface area contributed by atoms with Gasteiger partial charge in [0.25, 0.3) is 0 Å². The Bertz CT molecular complexity index is 566. The van der Waals surface area contributed by atoms with Gasteiger partial charge in [-0.2, -0.15) is 5.10 Å². The van der Waals surface area contributed by atoms with Crippen molar-refractivity contribution < 1.29 is 9.13 Å². The SMILES string of the molecule is CNCc1ccc(F)c(COc2cnn(C(C)C)c2)c1. The van der Waals surface area contributed by atoms with Crippen molar-refractivity contribution in [3.63, 3.8) is 0 Å². The Morgan fingerprint density at radius 3 is 2.85 bits per heavy atom. The molecule has 5 heteroatoms. The fourth-order valence-electron chi connectivity index (χ4n) is 1.89. The molecule has 0 spiro atoms. The summed E-state index contributed by atoms with van der Waals surface area (Å²) in [6, 6.07) is 5.34. The van der Waals surface area contributed by atoms with Gasteiger partial charge in [-0.05, 0) is 38.6 Å². The van der Waals surface area contributed by atoms with Gasteiger partial charge >= 0.3 is 0 Å². The minimum atomic E-state index is -0.249. The highest BCUT2D eigenvalue weighted by atomic mass is 19.1. The maximum absolute atomic E-state index is 13.7. The van der Waals surface area contributed by atoms with Crippen LogP contribution in [0.15, 0.2) is 30.6 Å². The number of hydrogen-bond donors (Lipinski definition) is 1. The van der Waals surface area contributed by atoms with Gasteiger partial charge in [-0.3, -0.25) is 4.68 Å². The summed E-state index contributed by atoms with van der Waals surface area (Å²) in [7, 11) is 1.86. The first-order valence-electron chi connectivity index (χ1n) is 6.69. The maximum Gasteiger partial charge on any atom is 0.157 e. The monoisotopic (exact) mass is 277 g/mol. The summed E-state index contributed by atoms with van der Waals surface area (Å²) in [6.07, 6.45) is 3.47. The third kappa shape index (κ3) is 3.57. The van der Waals surface area contributed by atoms with Crippen molar-refractivity contribution in [1.29, 1.82) is 0 Å². The fourth-order valence-corrected chi connectivity index (χ4v) is 1.89. The topological polar surface area (TPSA) is 39.1 Å². The molecule has 2 rings (SSSR count). The highest BCUT2D eigenvalue weighted by Crippen LogP contribution is 2.16. The van der Waals surface area contributed by atoms with Crippen molar-refractivity contribution in [3.05, 3.63) is 47.5 Å². The van der Waals surface area contributed by atoms with E-state index in [0.717, 1.165) is 5.56 Å². The van der Waals surface area contributed by atoms with E-state index in [1.54, 1.807) is 12.3 Å². The van der Waals surface area contributed by atoms with E-state index in [2.05, 4.69) is 10.4 Å². The summed E-state index contributed by atoms with van der Waals surface area (Å²) < 4.78 is 21.1. The summed E-state index contributed by atoms with van der Waals surface area (Å²) in [5.41, 5.74) is 1.58. The highest BCUT2D eigenvalue weighted by molar-refractivity contribution is 5.25. The van der Waals surface area contributed by atoms with E-state index < -0.39 is 0 Å². The van der Waals surface area contributed by atoms with Crippen LogP contribution in [0.4, 0.5) is 4.39 Å². The molecule has 108 valence electrons. The number of hydrogen-bond acceptors (Lipinski definition) is 3. The lowest BCUT2D eigenvalue weighted by Crippen LogP contribution is -2.07. The van der Waals surface area contributed by atoms with Crippen LogP contribution in [-0.2, 0) is 13.2 Å². The molecule has 1 N–H and O–H groups in total. The van der Waals surface area contributed by atoms with Gasteiger partial charge in [0.1, 0.15) is 12.4 Å². The predicted molar refractivity (Wildman–Crippen MR) is 76.1 cm³/mol. The van der Waals surface area contributed by atoms with E-state index >= 15 is 0 Å². The quantitative estimate of drug-likeness (QED) is 0.882. The molecule has 0 atom stereocenters. The molecular formula is C15H20FN3O. The first-order chi connectivity index (χ1) is 9.60. The molecule has 1 aromatic heterocycles. The maximum atomic E-state index is 13.7. The van der Waals surface area contributed by atoms with Gasteiger partial charge in [0.2, 0.25) is 0 Å². The minimum Gasteiger partial charge on any atom is -0.486 e. The molecule has 0 saturated heterocycles. The summed E-state index contributed by atoms with van der Waals surface area (Å²) in [6.45, 7) is 4.99. The van der Waals surface area contributed by atoms with Gasteiger partial charge in [0.15, 0.2) is 5.75 Å². The van der Waals surface area contributed by atoms with Crippen LogP contribution in [0.25, 0.3) is 0 Å². The van der Waals surface area contributed by atoms with Crippen LogP contribution in [-0.4, -0.2) is 16.8 Å². The number of benzene rings is 1. The summed E-state index contributed by atoms with van der Waals surface area (Å²) >= 11 is 0. The van der Waals surface area contributed by atoms with Crippen LogP contribution in [0.2, 0.25) is 0 Å². The fraction of sp³-hybridized carbons (Fsp3) is 0.400. The molecule has 0 unspecified atom stereocenters. The van der Waals surface area contributed by atoms with Gasteiger partial charge in [-0.15, -0.1) is 0 Å². The van der Waals surface area contributed by atoms with Gasteiger partial charge in [-0.25, -0.2) is 4.39 Å². The van der Waals surface area contributed by atoms with Crippen molar-refractivity contribution in [3.8, 4) is 5.75 Å². The Morgan fingerprint density at radius 1 is 1.40 bits per heavy atom. The average molecular weight is 277 g/mol. The zero-order valence-electron chi connectivity index (χ0n) is 12.1. The molecule has 0 saturated carbocycles. The Morgan fingerprint density at radius 2 is 2.20 bits per heavy atom. The standard InChI is InChI=1S/C15H20FN3O/c1-11(2)19-9-14(8-18-19)20-10-13-6-12(7-17-3)4-5-15(13)16/h4-6,8-9,11,17H,7,10H2,1-3H3. The molecule has 0 radical (unpaired) electrons. The van der Waals surface area contributed by atoms with Gasteiger partial charge < -0.3 is 10.1 Å². The van der Waals surface area contributed by atoms with Crippen LogP contribution >= 0.6 is 0 Å². The van der Waals surface area contributed by atoms with E-state index in [0.29, 0.717) is 17.9 Å². The second-order valence-corrected chi connectivity index (χ2v) is 4.99. The van der Waals surface area contributed by atoms with E-state index in [1.807, 2.05) is 37.8 Å². The van der Waals surface area contributed by atoms with E-state index in [4.69, 9.17) is 4.74 Å². The van der Waals surface area contributed by atoms with Crippen LogP contribution in [0, 0.1) is 5.82 Å². The number of nitrogens with zero attached hydrogens (tertiary/aromatic N) is 2. The summed E-state index contributed by atoms with van der Waals surface area (Å²) in [4.78, 5) is 0. The smallest absolute Gasteiger partial charge is 0.157 e. The molecule has 2 aromatic rings. The van der Waals surface area contributed by atoms with E-state index in [1.165, 1.54) is 6.07 Å². The molecule has 0 aliphatic carbocycles. The normalized spacial score (nSPS) is 11.1. The molecular weight excluding hydrogens is 257 g/mol. The van der Waals surface area contributed by atoms with E-state index in [-0.39, 0.29) is 18.5 Å². The van der Waals surface area contributed by atoms with Crippen LogP contribution in [0.1, 0.15) is 31.0 Å². The molecule has 0 aliphatic rings. The molecule has 0 amide bonds. The van der Waals surface area contributed by atoms with Crippen molar-refractivity contribution in [1.82, 2.24) is 15.1 Å². The molecule has 1 heterocycles. The highest BCUT2D eigenvalue weighted by Gasteiger charge is 2.07. The zero-order valence-corrected chi connectivity index (χ0v) is 12.1. The Balaban J connectivity index is 2.03. The van der Waals surface area contributed by atoms with Crippen molar-refractivity contribution in [2.75, 3.05) is 7.05 Å². The Labute approximate surface area is 118 Å². The number of nitrogens with one attached hydrogen (secondary N) is 1. The number of ether oxygens (including phenoxy) is 1. The van der Waals surface area contributed by atoms with Gasteiger partial charge in [0.05, 0.1) is 12.4 Å². The molecule has 0 fully saturated rings. The zero-order chi connectivity index (χ0) is 14.5. The largest absolute Gasteiger partial charge is 0.486 e. The van der Waals surface area contributed by atoms with Gasteiger partial charge in [0, 0.05) is 18.2 Å². The molecule has 0 bridgehead atoms. The van der Waals surface area contributed by atoms with Crippen molar-refractivity contribution in [2.45, 2.75) is 33.0 Å². The van der Waals surface area contributed by atoms with Crippen LogP contribution in [0.3, 0.4) is 0 Å². The third-order valence-electron chi connectivity index (χ3n) is 2.99. The lowest BCUT2D eigenvalue weighted by Gasteiger charge is -2.08. The number of rotatable bonds is 6. The molecule has 1 aromatic carbocycles. The lowest BCUT2D eigenvalue weighted by molar-refractivity contribution is 0.299. The predicted octanol–water partition coefficient (Wildman–Crippen LogP) is 2.90. The first-order valence-corrected chi connectivity index (χ1v) is 6.69. The Kier molecular flexibility index (Phi) is 4.74. The minimum absolute atomic E-state index is 0.202. The number of aromatic nitrogens is 2. The summed E-state index contributed by atoms with van der Waals surface area (Å²) in [5.74, 6) is 0.401. The molecule has 4 nitrogen and oxygen atoms in total.